The van der Waals surface area contributed by atoms with Crippen molar-refractivity contribution in [3.05, 3.63) is 17.3 Å². The molecule has 1 aromatic heterocycles. The Morgan fingerprint density at radius 3 is 2.60 bits per heavy atom. The van der Waals surface area contributed by atoms with Gasteiger partial charge in [0.1, 0.15) is 5.76 Å². The van der Waals surface area contributed by atoms with Crippen LogP contribution in [0.25, 0.3) is 0 Å². The number of nitrogens with zero attached hydrogens (tertiary/aromatic N) is 2. The molecular formula is C11H21N3O. The van der Waals surface area contributed by atoms with Crippen LogP contribution in [-0.4, -0.2) is 37.1 Å². The van der Waals surface area contributed by atoms with E-state index >= 15 is 0 Å². The van der Waals surface area contributed by atoms with Crippen LogP contribution in [0.1, 0.15) is 23.8 Å². The summed E-state index contributed by atoms with van der Waals surface area (Å²) in [6.45, 7) is 6.76. The van der Waals surface area contributed by atoms with E-state index < -0.39 is 0 Å². The van der Waals surface area contributed by atoms with Crippen molar-refractivity contribution in [2.75, 3.05) is 27.2 Å². The van der Waals surface area contributed by atoms with Crippen LogP contribution in [0.3, 0.4) is 0 Å². The summed E-state index contributed by atoms with van der Waals surface area (Å²) in [6.07, 6.45) is 1.15. The lowest BCUT2D eigenvalue weighted by atomic mass is 10.3. The molecule has 15 heavy (non-hydrogen) atoms. The van der Waals surface area contributed by atoms with E-state index in [1.54, 1.807) is 0 Å². The lowest BCUT2D eigenvalue weighted by molar-refractivity contribution is 0.389. The molecular weight excluding hydrogens is 190 g/mol. The van der Waals surface area contributed by atoms with Gasteiger partial charge in [0.25, 0.3) is 0 Å². The topological polar surface area (TPSA) is 41.3 Å². The normalized spacial score (nSPS) is 11.3. The summed E-state index contributed by atoms with van der Waals surface area (Å²) in [6, 6.07) is 0. The summed E-state index contributed by atoms with van der Waals surface area (Å²) in [5, 5.41) is 3.35. The van der Waals surface area contributed by atoms with Crippen molar-refractivity contribution < 1.29 is 4.42 Å². The summed E-state index contributed by atoms with van der Waals surface area (Å²) in [7, 11) is 4.17. The van der Waals surface area contributed by atoms with Crippen LogP contribution in [-0.2, 0) is 6.54 Å². The maximum absolute atomic E-state index is 5.46. The summed E-state index contributed by atoms with van der Waals surface area (Å²) < 4.78 is 5.46. The molecule has 0 aromatic carbocycles. The Kier molecular flexibility index (Phi) is 4.78. The van der Waals surface area contributed by atoms with E-state index in [0.717, 1.165) is 43.4 Å². The minimum atomic E-state index is 0.748. The standard InChI is InChI=1S/C11H21N3O/c1-9-11(15-10(2)13-9)8-12-6-5-7-14(3)4/h12H,5-8H2,1-4H3. The van der Waals surface area contributed by atoms with Crippen molar-refractivity contribution in [1.29, 1.82) is 0 Å². The van der Waals surface area contributed by atoms with Gasteiger partial charge in [0, 0.05) is 6.92 Å². The molecule has 0 spiro atoms. The van der Waals surface area contributed by atoms with Gasteiger partial charge in [-0.15, -0.1) is 0 Å². The predicted molar refractivity (Wildman–Crippen MR) is 60.9 cm³/mol. The van der Waals surface area contributed by atoms with Gasteiger partial charge < -0.3 is 14.6 Å². The fraction of sp³-hybridized carbons (Fsp3) is 0.727. The van der Waals surface area contributed by atoms with Crippen molar-refractivity contribution in [2.24, 2.45) is 0 Å². The number of hydrogen-bond donors (Lipinski definition) is 1. The quantitative estimate of drug-likeness (QED) is 0.721. The fourth-order valence-corrected chi connectivity index (χ4v) is 1.46. The first-order chi connectivity index (χ1) is 7.09. The van der Waals surface area contributed by atoms with Crippen LogP contribution >= 0.6 is 0 Å². The molecule has 0 aliphatic carbocycles. The maximum atomic E-state index is 5.46. The number of hydrogen-bond acceptors (Lipinski definition) is 4. The molecule has 86 valence electrons. The molecule has 0 radical (unpaired) electrons. The van der Waals surface area contributed by atoms with E-state index in [4.69, 9.17) is 4.42 Å². The predicted octanol–water partition coefficient (Wildman–Crippen LogP) is 1.33. The SMILES string of the molecule is Cc1nc(C)c(CNCCCN(C)C)o1. The molecule has 1 aromatic rings. The Morgan fingerprint density at radius 1 is 1.33 bits per heavy atom. The average Bonchev–Trinajstić information content (AvgIpc) is 2.44. The largest absolute Gasteiger partial charge is 0.444 e. The van der Waals surface area contributed by atoms with Crippen molar-refractivity contribution in [1.82, 2.24) is 15.2 Å². The second-order valence-electron chi connectivity index (χ2n) is 4.08. The molecule has 0 amide bonds. The summed E-state index contributed by atoms with van der Waals surface area (Å²) >= 11 is 0. The monoisotopic (exact) mass is 211 g/mol. The molecule has 0 aliphatic rings. The molecule has 4 heteroatoms. The third-order valence-electron chi connectivity index (χ3n) is 2.24. The maximum Gasteiger partial charge on any atom is 0.191 e. The number of aromatic nitrogens is 1. The van der Waals surface area contributed by atoms with Crippen LogP contribution in [0.15, 0.2) is 4.42 Å². The van der Waals surface area contributed by atoms with Crippen molar-refractivity contribution >= 4 is 0 Å². The van der Waals surface area contributed by atoms with Crippen LogP contribution in [0, 0.1) is 13.8 Å². The molecule has 0 unspecified atom stereocenters. The van der Waals surface area contributed by atoms with Gasteiger partial charge in [-0.05, 0) is 40.5 Å². The Morgan fingerprint density at radius 2 is 2.07 bits per heavy atom. The van der Waals surface area contributed by atoms with Gasteiger partial charge in [0.15, 0.2) is 5.89 Å². The van der Waals surface area contributed by atoms with Gasteiger partial charge in [-0.2, -0.15) is 0 Å². The molecule has 0 bridgehead atoms. The third kappa shape index (κ3) is 4.44. The van der Waals surface area contributed by atoms with Crippen molar-refractivity contribution in [2.45, 2.75) is 26.8 Å². The second kappa shape index (κ2) is 5.88. The number of nitrogens with one attached hydrogen (secondary N) is 1. The van der Waals surface area contributed by atoms with E-state index in [1.165, 1.54) is 0 Å². The molecule has 1 rings (SSSR count). The van der Waals surface area contributed by atoms with E-state index in [0.29, 0.717) is 0 Å². The number of rotatable bonds is 6. The Hall–Kier alpha value is -0.870. The number of aryl methyl sites for hydroxylation is 2. The Balaban J connectivity index is 2.17. The van der Waals surface area contributed by atoms with Gasteiger partial charge in [0.2, 0.25) is 0 Å². The van der Waals surface area contributed by atoms with Crippen LogP contribution < -0.4 is 5.32 Å². The lowest BCUT2D eigenvalue weighted by Crippen LogP contribution is -2.21. The minimum Gasteiger partial charge on any atom is -0.444 e. The van der Waals surface area contributed by atoms with E-state index in [-0.39, 0.29) is 0 Å². The van der Waals surface area contributed by atoms with Crippen LogP contribution in [0.2, 0.25) is 0 Å². The Bertz CT molecular complexity index is 294. The zero-order valence-electron chi connectivity index (χ0n) is 10.1. The first-order valence-corrected chi connectivity index (χ1v) is 5.38. The smallest absolute Gasteiger partial charge is 0.191 e. The molecule has 0 atom stereocenters. The zero-order chi connectivity index (χ0) is 11.3. The number of oxazole rings is 1. The first kappa shape index (κ1) is 12.2. The fourth-order valence-electron chi connectivity index (χ4n) is 1.46. The molecule has 1 N–H and O–H groups in total. The van der Waals surface area contributed by atoms with E-state index in [2.05, 4.69) is 29.3 Å². The molecule has 0 saturated carbocycles. The Labute approximate surface area is 91.7 Å². The molecule has 1 heterocycles. The van der Waals surface area contributed by atoms with Gasteiger partial charge in [-0.25, -0.2) is 4.98 Å². The summed E-state index contributed by atoms with van der Waals surface area (Å²) in [4.78, 5) is 6.41. The highest BCUT2D eigenvalue weighted by molar-refractivity contribution is 5.06. The molecule has 0 fully saturated rings. The zero-order valence-corrected chi connectivity index (χ0v) is 10.1. The second-order valence-corrected chi connectivity index (χ2v) is 4.08. The van der Waals surface area contributed by atoms with Gasteiger partial charge in [0.05, 0.1) is 12.2 Å². The van der Waals surface area contributed by atoms with E-state index in [1.807, 2.05) is 13.8 Å². The van der Waals surface area contributed by atoms with E-state index in [9.17, 15) is 0 Å². The summed E-state index contributed by atoms with van der Waals surface area (Å²) in [5.41, 5.74) is 0.993. The third-order valence-corrected chi connectivity index (χ3v) is 2.24. The van der Waals surface area contributed by atoms with Gasteiger partial charge in [-0.1, -0.05) is 0 Å². The highest BCUT2D eigenvalue weighted by Gasteiger charge is 2.05. The highest BCUT2D eigenvalue weighted by atomic mass is 16.4. The van der Waals surface area contributed by atoms with Gasteiger partial charge in [-0.3, -0.25) is 0 Å². The summed E-state index contributed by atoms with van der Waals surface area (Å²) in [5.74, 6) is 1.70. The lowest BCUT2D eigenvalue weighted by Gasteiger charge is -2.09. The van der Waals surface area contributed by atoms with Crippen LogP contribution in [0.5, 0.6) is 0 Å². The highest BCUT2D eigenvalue weighted by Crippen LogP contribution is 2.08. The van der Waals surface area contributed by atoms with Crippen molar-refractivity contribution in [3.8, 4) is 0 Å². The molecule has 0 aliphatic heterocycles. The molecule has 4 nitrogen and oxygen atoms in total. The minimum absolute atomic E-state index is 0.748. The average molecular weight is 211 g/mol. The van der Waals surface area contributed by atoms with Gasteiger partial charge >= 0.3 is 0 Å². The first-order valence-electron chi connectivity index (χ1n) is 5.38. The van der Waals surface area contributed by atoms with Crippen molar-refractivity contribution in [3.63, 3.8) is 0 Å². The molecule has 0 saturated heterocycles. The van der Waals surface area contributed by atoms with Crippen LogP contribution in [0.4, 0.5) is 0 Å².